The Labute approximate surface area is 113 Å². The van der Waals surface area contributed by atoms with Crippen molar-refractivity contribution in [2.75, 3.05) is 11.9 Å². The third kappa shape index (κ3) is 3.44. The maximum absolute atomic E-state index is 10.9. The lowest BCUT2D eigenvalue weighted by Gasteiger charge is -2.36. The van der Waals surface area contributed by atoms with Crippen molar-refractivity contribution in [2.24, 2.45) is 0 Å². The molecule has 0 radical (unpaired) electrons. The summed E-state index contributed by atoms with van der Waals surface area (Å²) in [6.45, 7) is 6.60. The summed E-state index contributed by atoms with van der Waals surface area (Å²) in [4.78, 5) is 15.2. The van der Waals surface area contributed by atoms with Gasteiger partial charge in [0.15, 0.2) is 0 Å². The van der Waals surface area contributed by atoms with Crippen molar-refractivity contribution in [1.29, 1.82) is 0 Å². The van der Waals surface area contributed by atoms with Gasteiger partial charge in [-0.05, 0) is 45.7 Å². The quantitative estimate of drug-likeness (QED) is 0.877. The second-order valence-electron chi connectivity index (χ2n) is 5.58. The number of nitrogens with one attached hydrogen (secondary N) is 1. The van der Waals surface area contributed by atoms with Gasteiger partial charge in [-0.15, -0.1) is 0 Å². The molecule has 0 amide bonds. The van der Waals surface area contributed by atoms with E-state index >= 15 is 0 Å². The van der Waals surface area contributed by atoms with E-state index in [9.17, 15) is 4.79 Å². The summed E-state index contributed by atoms with van der Waals surface area (Å²) < 4.78 is 5.67. The zero-order chi connectivity index (χ0) is 14.0. The van der Waals surface area contributed by atoms with E-state index in [2.05, 4.69) is 24.1 Å². The van der Waals surface area contributed by atoms with Crippen molar-refractivity contribution in [3.05, 3.63) is 23.4 Å². The lowest BCUT2D eigenvalue weighted by atomic mass is 9.94. The van der Waals surface area contributed by atoms with Gasteiger partial charge in [-0.25, -0.2) is 9.78 Å². The predicted molar refractivity (Wildman–Crippen MR) is 72.6 cm³/mol. The Morgan fingerprint density at radius 3 is 2.84 bits per heavy atom. The third-order valence-corrected chi connectivity index (χ3v) is 3.37. The highest BCUT2D eigenvalue weighted by molar-refractivity contribution is 5.89. The first-order chi connectivity index (χ1) is 8.87. The van der Waals surface area contributed by atoms with Crippen LogP contribution in [0.25, 0.3) is 0 Å². The van der Waals surface area contributed by atoms with Gasteiger partial charge in [0.2, 0.25) is 0 Å². The molecule has 1 aromatic rings. The van der Waals surface area contributed by atoms with Crippen LogP contribution in [0.15, 0.2) is 12.1 Å². The maximum Gasteiger partial charge on any atom is 0.337 e. The molecule has 1 atom stereocenters. The number of carbonyl (C=O) groups is 1. The second kappa shape index (κ2) is 5.17. The fourth-order valence-corrected chi connectivity index (χ4v) is 2.43. The molecule has 0 spiro atoms. The Kier molecular flexibility index (Phi) is 3.75. The topological polar surface area (TPSA) is 71.5 Å². The molecule has 2 rings (SSSR count). The molecule has 5 heteroatoms. The van der Waals surface area contributed by atoms with Crippen LogP contribution >= 0.6 is 0 Å². The molecule has 1 aliphatic rings. The Bertz CT molecular complexity index is 486. The monoisotopic (exact) mass is 264 g/mol. The van der Waals surface area contributed by atoms with Crippen molar-refractivity contribution in [3.63, 3.8) is 0 Å². The van der Waals surface area contributed by atoms with E-state index in [0.29, 0.717) is 11.7 Å². The van der Waals surface area contributed by atoms with E-state index in [1.165, 1.54) is 0 Å². The number of ether oxygens (including phenoxy) is 1. The fraction of sp³-hybridized carbons (Fsp3) is 0.571. The zero-order valence-corrected chi connectivity index (χ0v) is 11.6. The van der Waals surface area contributed by atoms with Crippen LogP contribution < -0.4 is 5.32 Å². The average molecular weight is 264 g/mol. The van der Waals surface area contributed by atoms with E-state index in [0.717, 1.165) is 25.3 Å². The van der Waals surface area contributed by atoms with Crippen LogP contribution in [0.4, 0.5) is 5.82 Å². The second-order valence-corrected chi connectivity index (χ2v) is 5.58. The summed E-state index contributed by atoms with van der Waals surface area (Å²) in [7, 11) is 0. The largest absolute Gasteiger partial charge is 0.478 e. The number of hydrogen-bond donors (Lipinski definition) is 2. The van der Waals surface area contributed by atoms with E-state index < -0.39 is 5.97 Å². The molecule has 5 nitrogen and oxygen atoms in total. The molecular formula is C14H20N2O3. The molecule has 1 unspecified atom stereocenters. The van der Waals surface area contributed by atoms with Gasteiger partial charge < -0.3 is 15.2 Å². The highest BCUT2D eigenvalue weighted by atomic mass is 16.5. The first-order valence-corrected chi connectivity index (χ1v) is 6.49. The number of rotatable bonds is 3. The summed E-state index contributed by atoms with van der Waals surface area (Å²) in [5, 5.41) is 12.3. The highest BCUT2D eigenvalue weighted by Gasteiger charge is 2.28. The molecule has 0 aromatic carbocycles. The molecular weight excluding hydrogens is 244 g/mol. The van der Waals surface area contributed by atoms with Crippen molar-refractivity contribution >= 4 is 11.8 Å². The Morgan fingerprint density at radius 1 is 1.53 bits per heavy atom. The summed E-state index contributed by atoms with van der Waals surface area (Å²) in [5.41, 5.74) is 0.660. The minimum Gasteiger partial charge on any atom is -0.478 e. The number of pyridine rings is 1. The molecule has 0 saturated carbocycles. The van der Waals surface area contributed by atoms with Crippen LogP contribution in [-0.2, 0) is 4.74 Å². The van der Waals surface area contributed by atoms with Crippen molar-refractivity contribution in [3.8, 4) is 0 Å². The maximum atomic E-state index is 10.9. The summed E-state index contributed by atoms with van der Waals surface area (Å²) in [6.07, 6.45) is 1.85. The van der Waals surface area contributed by atoms with Gasteiger partial charge >= 0.3 is 5.97 Å². The number of carboxylic acids is 1. The molecule has 1 fully saturated rings. The van der Waals surface area contributed by atoms with Crippen molar-refractivity contribution in [1.82, 2.24) is 4.98 Å². The van der Waals surface area contributed by atoms with Gasteiger partial charge in [-0.1, -0.05) is 0 Å². The predicted octanol–water partition coefficient (Wildman–Crippen LogP) is 2.46. The van der Waals surface area contributed by atoms with Crippen LogP contribution in [0.5, 0.6) is 0 Å². The molecule has 19 heavy (non-hydrogen) atoms. The number of hydrogen-bond acceptors (Lipinski definition) is 4. The summed E-state index contributed by atoms with van der Waals surface area (Å²) in [5.74, 6) is -0.214. The van der Waals surface area contributed by atoms with Gasteiger partial charge in [-0.2, -0.15) is 0 Å². The van der Waals surface area contributed by atoms with Gasteiger partial charge in [-0.3, -0.25) is 0 Å². The van der Waals surface area contributed by atoms with Crippen LogP contribution in [0.1, 0.15) is 42.7 Å². The van der Waals surface area contributed by atoms with E-state index in [1.54, 1.807) is 19.1 Å². The van der Waals surface area contributed by atoms with Crippen LogP contribution in [0.3, 0.4) is 0 Å². The first kappa shape index (κ1) is 13.8. The number of nitrogens with zero attached hydrogens (tertiary/aromatic N) is 1. The van der Waals surface area contributed by atoms with Crippen LogP contribution in [0, 0.1) is 6.92 Å². The fourth-order valence-electron chi connectivity index (χ4n) is 2.43. The number of aromatic carboxylic acids is 1. The molecule has 2 N–H and O–H groups in total. The zero-order valence-electron chi connectivity index (χ0n) is 11.6. The molecule has 1 aromatic heterocycles. The van der Waals surface area contributed by atoms with E-state index in [-0.39, 0.29) is 11.2 Å². The lowest BCUT2D eigenvalue weighted by Crippen LogP contribution is -2.40. The van der Waals surface area contributed by atoms with Gasteiger partial charge in [0.05, 0.1) is 16.9 Å². The third-order valence-electron chi connectivity index (χ3n) is 3.37. The molecule has 104 valence electrons. The van der Waals surface area contributed by atoms with Crippen LogP contribution in [0.2, 0.25) is 0 Å². The van der Waals surface area contributed by atoms with Crippen LogP contribution in [-0.4, -0.2) is 34.3 Å². The average Bonchev–Trinajstić information content (AvgIpc) is 2.27. The molecule has 1 saturated heterocycles. The number of carboxylic acid groups (broad SMARTS) is 1. The van der Waals surface area contributed by atoms with E-state index in [4.69, 9.17) is 9.84 Å². The molecule has 2 heterocycles. The molecule has 0 aliphatic carbocycles. The first-order valence-electron chi connectivity index (χ1n) is 6.49. The molecule has 1 aliphatic heterocycles. The molecule has 0 bridgehead atoms. The number of aryl methyl sites for hydroxylation is 1. The minimum atomic E-state index is -0.941. The smallest absolute Gasteiger partial charge is 0.337 e. The SMILES string of the molecule is Cc1nc(NC2CCOC(C)(C)C2)ccc1C(=O)O. The Balaban J connectivity index is 2.07. The minimum absolute atomic E-state index is 0.119. The van der Waals surface area contributed by atoms with Crippen molar-refractivity contribution in [2.45, 2.75) is 45.3 Å². The van der Waals surface area contributed by atoms with E-state index in [1.807, 2.05) is 0 Å². The Morgan fingerprint density at radius 2 is 2.26 bits per heavy atom. The summed E-state index contributed by atoms with van der Waals surface area (Å²) >= 11 is 0. The highest BCUT2D eigenvalue weighted by Crippen LogP contribution is 2.26. The number of anilines is 1. The normalized spacial score (nSPS) is 21.9. The van der Waals surface area contributed by atoms with Gasteiger partial charge in [0.25, 0.3) is 0 Å². The standard InChI is InChI=1S/C14H20N2O3/c1-9-11(13(17)18)4-5-12(15-9)16-10-6-7-19-14(2,3)8-10/h4-5,10H,6-8H2,1-3H3,(H,15,16)(H,17,18). The van der Waals surface area contributed by atoms with Crippen molar-refractivity contribution < 1.29 is 14.6 Å². The van der Waals surface area contributed by atoms with Gasteiger partial charge in [0, 0.05) is 12.6 Å². The lowest BCUT2D eigenvalue weighted by molar-refractivity contribution is -0.0553. The van der Waals surface area contributed by atoms with Gasteiger partial charge in [0.1, 0.15) is 5.82 Å². The number of aromatic nitrogens is 1. The Hall–Kier alpha value is -1.62. The summed E-state index contributed by atoms with van der Waals surface area (Å²) in [6, 6.07) is 3.63.